The summed E-state index contributed by atoms with van der Waals surface area (Å²) in [6, 6.07) is 8.43. The zero-order valence-corrected chi connectivity index (χ0v) is 15.8. The Labute approximate surface area is 159 Å². The van der Waals surface area contributed by atoms with E-state index in [0.717, 1.165) is 30.1 Å². The Kier molecular flexibility index (Phi) is 5.20. The van der Waals surface area contributed by atoms with Crippen molar-refractivity contribution in [1.29, 1.82) is 0 Å². The largest absolute Gasteiger partial charge is 0.491 e. The summed E-state index contributed by atoms with van der Waals surface area (Å²) < 4.78 is 13.4. The quantitative estimate of drug-likeness (QED) is 0.665. The molecule has 7 heteroatoms. The van der Waals surface area contributed by atoms with Crippen molar-refractivity contribution in [1.82, 2.24) is 24.6 Å². The van der Waals surface area contributed by atoms with Crippen LogP contribution in [-0.4, -0.2) is 50.3 Å². The molecule has 27 heavy (non-hydrogen) atoms. The number of aryl methyl sites for hydroxylation is 1. The fourth-order valence-corrected chi connectivity index (χ4v) is 3.54. The molecule has 1 unspecified atom stereocenters. The molecule has 0 aliphatic carbocycles. The van der Waals surface area contributed by atoms with Crippen molar-refractivity contribution in [3.05, 3.63) is 36.8 Å². The third-order valence-electron chi connectivity index (χ3n) is 5.17. The van der Waals surface area contributed by atoms with Crippen LogP contribution in [0.1, 0.15) is 26.2 Å². The van der Waals surface area contributed by atoms with Crippen LogP contribution in [-0.2, 0) is 7.05 Å². The SMILES string of the molecule is CC1CCCCN1CCOc1ccccc1-c1nc(-c2cncn2C)no1. The fraction of sp³-hybridized carbons (Fsp3) is 0.450. The number of rotatable bonds is 6. The molecule has 1 saturated heterocycles. The molecule has 4 rings (SSSR count). The van der Waals surface area contributed by atoms with E-state index in [9.17, 15) is 0 Å². The fourth-order valence-electron chi connectivity index (χ4n) is 3.54. The predicted molar refractivity (Wildman–Crippen MR) is 102 cm³/mol. The van der Waals surface area contributed by atoms with Crippen LogP contribution in [0.2, 0.25) is 0 Å². The van der Waals surface area contributed by atoms with Crippen molar-refractivity contribution in [2.75, 3.05) is 19.7 Å². The van der Waals surface area contributed by atoms with Gasteiger partial charge in [-0.1, -0.05) is 23.7 Å². The summed E-state index contributed by atoms with van der Waals surface area (Å²) in [4.78, 5) is 11.1. The highest BCUT2D eigenvalue weighted by Gasteiger charge is 2.19. The molecule has 1 aromatic carbocycles. The van der Waals surface area contributed by atoms with E-state index in [4.69, 9.17) is 9.26 Å². The second-order valence-corrected chi connectivity index (χ2v) is 7.04. The van der Waals surface area contributed by atoms with Gasteiger partial charge in [-0.05, 0) is 38.4 Å². The molecule has 1 aliphatic heterocycles. The van der Waals surface area contributed by atoms with Gasteiger partial charge < -0.3 is 13.8 Å². The molecule has 3 aromatic rings. The first kappa shape index (κ1) is 17.7. The lowest BCUT2D eigenvalue weighted by Gasteiger charge is -2.33. The molecule has 3 heterocycles. The van der Waals surface area contributed by atoms with Crippen molar-refractivity contribution in [2.45, 2.75) is 32.2 Å². The highest BCUT2D eigenvalue weighted by atomic mass is 16.5. The van der Waals surface area contributed by atoms with Gasteiger partial charge in [-0.25, -0.2) is 4.98 Å². The Balaban J connectivity index is 1.47. The minimum Gasteiger partial charge on any atom is -0.491 e. The van der Waals surface area contributed by atoms with Gasteiger partial charge in [0.15, 0.2) is 0 Å². The average molecular weight is 367 g/mol. The number of piperidine rings is 1. The van der Waals surface area contributed by atoms with E-state index in [1.165, 1.54) is 19.3 Å². The Hall–Kier alpha value is -2.67. The summed E-state index contributed by atoms with van der Waals surface area (Å²) in [6.45, 7) is 5.03. The molecule has 0 bridgehead atoms. The summed E-state index contributed by atoms with van der Waals surface area (Å²) in [5.74, 6) is 1.73. The van der Waals surface area contributed by atoms with Crippen molar-refractivity contribution in [3.63, 3.8) is 0 Å². The number of benzene rings is 1. The Morgan fingerprint density at radius 3 is 2.96 bits per heavy atom. The molecule has 1 fully saturated rings. The van der Waals surface area contributed by atoms with Crippen LogP contribution in [0.5, 0.6) is 5.75 Å². The predicted octanol–water partition coefficient (Wildman–Crippen LogP) is 3.39. The van der Waals surface area contributed by atoms with E-state index in [0.29, 0.717) is 24.4 Å². The van der Waals surface area contributed by atoms with Crippen molar-refractivity contribution in [2.24, 2.45) is 7.05 Å². The molecule has 0 amide bonds. The van der Waals surface area contributed by atoms with Crippen LogP contribution < -0.4 is 4.74 Å². The molecule has 0 spiro atoms. The lowest BCUT2D eigenvalue weighted by Crippen LogP contribution is -2.39. The maximum atomic E-state index is 6.08. The molecule has 1 aliphatic rings. The standard InChI is InChI=1S/C20H25N5O2/c1-15-7-5-6-10-25(15)11-12-26-18-9-4-3-8-16(18)20-22-19(23-27-20)17-13-21-14-24(17)2/h3-4,8-9,13-15H,5-7,10-12H2,1-2H3. The zero-order chi connectivity index (χ0) is 18.6. The van der Waals surface area contributed by atoms with Crippen LogP contribution in [0.15, 0.2) is 41.3 Å². The van der Waals surface area contributed by atoms with E-state index in [1.54, 1.807) is 12.5 Å². The Bertz CT molecular complexity index is 888. The normalized spacial score (nSPS) is 17.9. The minimum absolute atomic E-state index is 0.452. The Morgan fingerprint density at radius 2 is 2.15 bits per heavy atom. The first-order valence-electron chi connectivity index (χ1n) is 9.49. The number of hydrogen-bond donors (Lipinski definition) is 0. The number of likely N-dealkylation sites (tertiary alicyclic amines) is 1. The molecule has 0 N–H and O–H groups in total. The zero-order valence-electron chi connectivity index (χ0n) is 15.8. The molecule has 7 nitrogen and oxygen atoms in total. The first-order chi connectivity index (χ1) is 13.2. The molecule has 0 saturated carbocycles. The van der Waals surface area contributed by atoms with Gasteiger partial charge in [0.2, 0.25) is 5.82 Å². The summed E-state index contributed by atoms with van der Waals surface area (Å²) in [5, 5.41) is 4.09. The van der Waals surface area contributed by atoms with Gasteiger partial charge in [-0.3, -0.25) is 4.90 Å². The van der Waals surface area contributed by atoms with Crippen molar-refractivity contribution >= 4 is 0 Å². The summed E-state index contributed by atoms with van der Waals surface area (Å²) in [6.07, 6.45) is 7.31. The van der Waals surface area contributed by atoms with E-state index < -0.39 is 0 Å². The molecular weight excluding hydrogens is 342 g/mol. The van der Waals surface area contributed by atoms with Gasteiger partial charge >= 0.3 is 0 Å². The molecule has 0 radical (unpaired) electrons. The van der Waals surface area contributed by atoms with Crippen LogP contribution >= 0.6 is 0 Å². The average Bonchev–Trinajstić information content (AvgIpc) is 3.32. The monoisotopic (exact) mass is 367 g/mol. The maximum absolute atomic E-state index is 6.08. The second-order valence-electron chi connectivity index (χ2n) is 7.04. The maximum Gasteiger partial charge on any atom is 0.262 e. The van der Waals surface area contributed by atoms with Crippen LogP contribution in [0.4, 0.5) is 0 Å². The summed E-state index contributed by atoms with van der Waals surface area (Å²) in [5.41, 5.74) is 1.62. The van der Waals surface area contributed by atoms with Gasteiger partial charge in [0.05, 0.1) is 18.1 Å². The first-order valence-corrected chi connectivity index (χ1v) is 9.49. The Morgan fingerprint density at radius 1 is 1.26 bits per heavy atom. The number of para-hydroxylation sites is 1. The van der Waals surface area contributed by atoms with Gasteiger partial charge in [-0.15, -0.1) is 0 Å². The third-order valence-corrected chi connectivity index (χ3v) is 5.17. The van der Waals surface area contributed by atoms with Gasteiger partial charge in [0.25, 0.3) is 5.89 Å². The highest BCUT2D eigenvalue weighted by Crippen LogP contribution is 2.30. The van der Waals surface area contributed by atoms with Crippen LogP contribution in [0.25, 0.3) is 23.0 Å². The van der Waals surface area contributed by atoms with Crippen LogP contribution in [0.3, 0.4) is 0 Å². The van der Waals surface area contributed by atoms with Gasteiger partial charge in [-0.2, -0.15) is 4.98 Å². The number of imidazole rings is 1. The molecule has 142 valence electrons. The van der Waals surface area contributed by atoms with Crippen LogP contribution in [0, 0.1) is 0 Å². The molecule has 1 atom stereocenters. The molecular formula is C20H25N5O2. The summed E-state index contributed by atoms with van der Waals surface area (Å²) in [7, 11) is 1.90. The third kappa shape index (κ3) is 3.88. The smallest absolute Gasteiger partial charge is 0.262 e. The highest BCUT2D eigenvalue weighted by molar-refractivity contribution is 5.64. The molecule has 2 aromatic heterocycles. The second kappa shape index (κ2) is 7.92. The van der Waals surface area contributed by atoms with Crippen molar-refractivity contribution in [3.8, 4) is 28.7 Å². The topological polar surface area (TPSA) is 69.2 Å². The number of hydrogen-bond acceptors (Lipinski definition) is 6. The van der Waals surface area contributed by atoms with E-state index in [2.05, 4.69) is 26.9 Å². The van der Waals surface area contributed by atoms with Gasteiger partial charge in [0, 0.05) is 19.6 Å². The number of ether oxygens (including phenoxy) is 1. The number of aromatic nitrogens is 4. The van der Waals surface area contributed by atoms with E-state index in [-0.39, 0.29) is 0 Å². The lowest BCUT2D eigenvalue weighted by molar-refractivity contribution is 0.133. The number of nitrogens with zero attached hydrogens (tertiary/aromatic N) is 5. The van der Waals surface area contributed by atoms with Gasteiger partial charge in [0.1, 0.15) is 18.1 Å². The minimum atomic E-state index is 0.452. The van der Waals surface area contributed by atoms with Crippen molar-refractivity contribution < 1.29 is 9.26 Å². The summed E-state index contributed by atoms with van der Waals surface area (Å²) >= 11 is 0. The lowest BCUT2D eigenvalue weighted by atomic mass is 10.0. The van der Waals surface area contributed by atoms with E-state index in [1.807, 2.05) is 35.9 Å². The van der Waals surface area contributed by atoms with E-state index >= 15 is 0 Å².